The number of nitrogens with zero attached hydrogens (tertiary/aromatic N) is 2. The van der Waals surface area contributed by atoms with Crippen molar-refractivity contribution < 1.29 is 4.79 Å². The van der Waals surface area contributed by atoms with Crippen LogP contribution in [0.5, 0.6) is 0 Å². The molecule has 0 saturated carbocycles. The van der Waals surface area contributed by atoms with Gasteiger partial charge in [-0.25, -0.2) is 9.97 Å². The lowest BCUT2D eigenvalue weighted by molar-refractivity contribution is 0.102. The molecule has 7 heteroatoms. The van der Waals surface area contributed by atoms with Crippen LogP contribution in [0.1, 0.15) is 17.4 Å². The van der Waals surface area contributed by atoms with Crippen molar-refractivity contribution in [3.63, 3.8) is 0 Å². The normalized spacial score (nSPS) is 10.1. The van der Waals surface area contributed by atoms with Crippen molar-refractivity contribution in [2.75, 3.05) is 17.2 Å². The van der Waals surface area contributed by atoms with E-state index in [0.717, 1.165) is 16.0 Å². The predicted molar refractivity (Wildman–Crippen MR) is 76.2 cm³/mol. The quantitative estimate of drug-likeness (QED) is 0.906. The largest absolute Gasteiger partial charge is 0.384 e. The summed E-state index contributed by atoms with van der Waals surface area (Å²) in [6, 6.07) is 3.50. The molecule has 2 N–H and O–H groups in total. The van der Waals surface area contributed by atoms with E-state index in [0.29, 0.717) is 10.8 Å². The van der Waals surface area contributed by atoms with E-state index in [4.69, 9.17) is 0 Å². The maximum Gasteiger partial charge on any atom is 0.276 e. The Hall–Kier alpha value is -1.47. The summed E-state index contributed by atoms with van der Waals surface area (Å²) >= 11 is 4.64. The van der Waals surface area contributed by atoms with Crippen molar-refractivity contribution in [2.24, 2.45) is 0 Å². The van der Waals surface area contributed by atoms with Crippen LogP contribution in [-0.2, 0) is 0 Å². The number of rotatable bonds is 4. The number of carbonyl (C=O) groups excluding carboxylic acids is 1. The summed E-state index contributed by atoms with van der Waals surface area (Å²) in [6.07, 6.45) is 3.28. The molecule has 0 aliphatic carbocycles. The number of anilines is 2. The second-order valence-corrected chi connectivity index (χ2v) is 5.80. The molecule has 0 unspecified atom stereocenters. The van der Waals surface area contributed by atoms with Gasteiger partial charge in [-0.3, -0.25) is 10.1 Å². The predicted octanol–water partition coefficient (Wildman–Crippen LogP) is 2.98. The van der Waals surface area contributed by atoms with E-state index in [9.17, 15) is 4.79 Å². The van der Waals surface area contributed by atoms with Gasteiger partial charge in [-0.05, 0) is 35.0 Å². The van der Waals surface area contributed by atoms with Crippen molar-refractivity contribution in [1.82, 2.24) is 9.97 Å². The average molecular weight is 327 g/mol. The summed E-state index contributed by atoms with van der Waals surface area (Å²) < 4.78 is 0.869. The van der Waals surface area contributed by atoms with E-state index >= 15 is 0 Å². The third-order valence-corrected chi connectivity index (χ3v) is 3.47. The molecule has 18 heavy (non-hydrogen) atoms. The molecule has 0 aliphatic heterocycles. The SMILES string of the molecule is CCNc1ccc(C(=O)Nc2ncc(Br)s2)nc1. The van der Waals surface area contributed by atoms with Crippen LogP contribution in [0.2, 0.25) is 0 Å². The minimum absolute atomic E-state index is 0.264. The lowest BCUT2D eigenvalue weighted by atomic mass is 10.3. The number of hydrogen-bond donors (Lipinski definition) is 2. The van der Waals surface area contributed by atoms with Gasteiger partial charge in [0.05, 0.1) is 21.9 Å². The fourth-order valence-corrected chi connectivity index (χ4v) is 2.41. The maximum atomic E-state index is 11.8. The highest BCUT2D eigenvalue weighted by atomic mass is 79.9. The highest BCUT2D eigenvalue weighted by molar-refractivity contribution is 9.11. The van der Waals surface area contributed by atoms with Crippen LogP contribution in [0.3, 0.4) is 0 Å². The Balaban J connectivity index is 2.04. The minimum Gasteiger partial charge on any atom is -0.384 e. The highest BCUT2D eigenvalue weighted by Crippen LogP contribution is 2.23. The zero-order valence-electron chi connectivity index (χ0n) is 9.61. The van der Waals surface area contributed by atoms with Crippen LogP contribution in [0.15, 0.2) is 28.3 Å². The molecule has 0 saturated heterocycles. The second-order valence-electron chi connectivity index (χ2n) is 3.39. The summed E-state index contributed by atoms with van der Waals surface area (Å²) in [5.74, 6) is -0.264. The maximum absolute atomic E-state index is 11.8. The summed E-state index contributed by atoms with van der Waals surface area (Å²) in [6.45, 7) is 2.82. The number of nitrogens with one attached hydrogen (secondary N) is 2. The first-order valence-corrected chi connectivity index (χ1v) is 6.92. The zero-order chi connectivity index (χ0) is 13.0. The molecular formula is C11H11BrN4OS. The Morgan fingerprint density at radius 2 is 2.22 bits per heavy atom. The fraction of sp³-hybridized carbons (Fsp3) is 0.182. The first kappa shape index (κ1) is 13.0. The van der Waals surface area contributed by atoms with Crippen LogP contribution in [0.25, 0.3) is 0 Å². The third-order valence-electron chi connectivity index (χ3n) is 2.07. The molecule has 0 radical (unpaired) electrons. The highest BCUT2D eigenvalue weighted by Gasteiger charge is 2.09. The Bertz CT molecular complexity index is 540. The summed E-state index contributed by atoms with van der Waals surface area (Å²) in [4.78, 5) is 20.0. The molecule has 0 fully saturated rings. The average Bonchev–Trinajstić information content (AvgIpc) is 2.76. The van der Waals surface area contributed by atoms with Crippen molar-refractivity contribution in [3.8, 4) is 0 Å². The molecule has 5 nitrogen and oxygen atoms in total. The number of carbonyl (C=O) groups is 1. The van der Waals surface area contributed by atoms with Crippen LogP contribution in [0, 0.1) is 0 Å². The van der Waals surface area contributed by atoms with Crippen LogP contribution in [0.4, 0.5) is 10.8 Å². The Kier molecular flexibility index (Phi) is 4.27. The van der Waals surface area contributed by atoms with Gasteiger partial charge in [-0.2, -0.15) is 0 Å². The van der Waals surface area contributed by atoms with Crippen molar-refractivity contribution in [1.29, 1.82) is 0 Å². The van der Waals surface area contributed by atoms with Gasteiger partial charge in [0.25, 0.3) is 5.91 Å². The second kappa shape index (κ2) is 5.92. The van der Waals surface area contributed by atoms with Crippen LogP contribution >= 0.6 is 27.3 Å². The fourth-order valence-electron chi connectivity index (χ4n) is 1.31. The van der Waals surface area contributed by atoms with Gasteiger partial charge in [0, 0.05) is 6.54 Å². The molecule has 2 aromatic rings. The van der Waals surface area contributed by atoms with Crippen molar-refractivity contribution in [3.05, 3.63) is 34.0 Å². The smallest absolute Gasteiger partial charge is 0.276 e. The first-order chi connectivity index (χ1) is 8.69. The van der Waals surface area contributed by atoms with E-state index in [2.05, 4.69) is 36.5 Å². The Morgan fingerprint density at radius 1 is 1.39 bits per heavy atom. The number of pyridine rings is 1. The van der Waals surface area contributed by atoms with E-state index < -0.39 is 0 Å². The third kappa shape index (κ3) is 3.27. The van der Waals surface area contributed by atoms with Gasteiger partial charge in [-0.15, -0.1) is 0 Å². The van der Waals surface area contributed by atoms with E-state index in [1.54, 1.807) is 18.5 Å². The molecule has 2 rings (SSSR count). The topological polar surface area (TPSA) is 66.9 Å². The van der Waals surface area contributed by atoms with Crippen LogP contribution in [-0.4, -0.2) is 22.4 Å². The molecule has 0 atom stereocenters. The monoisotopic (exact) mass is 326 g/mol. The first-order valence-electron chi connectivity index (χ1n) is 5.31. The molecule has 1 amide bonds. The van der Waals surface area contributed by atoms with E-state index in [-0.39, 0.29) is 5.91 Å². The molecular weight excluding hydrogens is 316 g/mol. The van der Waals surface area contributed by atoms with Crippen molar-refractivity contribution in [2.45, 2.75) is 6.92 Å². The molecule has 0 aliphatic rings. The van der Waals surface area contributed by atoms with E-state index in [1.807, 2.05) is 13.0 Å². The molecule has 0 bridgehead atoms. The lowest BCUT2D eigenvalue weighted by Crippen LogP contribution is -2.13. The lowest BCUT2D eigenvalue weighted by Gasteiger charge is -2.04. The van der Waals surface area contributed by atoms with E-state index in [1.165, 1.54) is 11.3 Å². The van der Waals surface area contributed by atoms with Crippen LogP contribution < -0.4 is 10.6 Å². The summed E-state index contributed by atoms with van der Waals surface area (Å²) in [5.41, 5.74) is 1.26. The molecule has 94 valence electrons. The molecule has 2 aromatic heterocycles. The van der Waals surface area contributed by atoms with Gasteiger partial charge >= 0.3 is 0 Å². The number of hydrogen-bond acceptors (Lipinski definition) is 5. The molecule has 0 aromatic carbocycles. The standard InChI is InChI=1S/C11H11BrN4OS/c1-2-13-7-3-4-8(14-5-7)10(17)16-11-15-6-9(12)18-11/h3-6,13H,2H2,1H3,(H,15,16,17). The summed E-state index contributed by atoms with van der Waals surface area (Å²) in [5, 5.41) is 6.35. The Morgan fingerprint density at radius 3 is 2.78 bits per heavy atom. The number of aromatic nitrogens is 2. The molecule has 0 spiro atoms. The van der Waals surface area contributed by atoms with Crippen molar-refractivity contribution >= 4 is 44.0 Å². The van der Waals surface area contributed by atoms with Gasteiger partial charge in [0.1, 0.15) is 5.69 Å². The van der Waals surface area contributed by atoms with Gasteiger partial charge in [0.15, 0.2) is 5.13 Å². The van der Waals surface area contributed by atoms with Gasteiger partial charge in [-0.1, -0.05) is 11.3 Å². The van der Waals surface area contributed by atoms with Gasteiger partial charge < -0.3 is 5.32 Å². The number of thiazole rings is 1. The molecule has 2 heterocycles. The Labute approximate surface area is 117 Å². The number of amides is 1. The number of halogens is 1. The minimum atomic E-state index is -0.264. The van der Waals surface area contributed by atoms with Gasteiger partial charge in [0.2, 0.25) is 0 Å². The zero-order valence-corrected chi connectivity index (χ0v) is 12.0. The summed E-state index contributed by atoms with van der Waals surface area (Å²) in [7, 11) is 0.